The van der Waals surface area contributed by atoms with Crippen LogP contribution in [-0.4, -0.2) is 11.4 Å². The zero-order valence-electron chi connectivity index (χ0n) is 62.6. The number of benzene rings is 3. The van der Waals surface area contributed by atoms with Crippen molar-refractivity contribution in [1.82, 2.24) is 0 Å². The second-order valence-electron chi connectivity index (χ2n) is 28.6. The van der Waals surface area contributed by atoms with Gasteiger partial charge in [-0.1, -0.05) is 423 Å². The first-order valence-corrected chi connectivity index (χ1v) is 41.2. The van der Waals surface area contributed by atoms with Crippen LogP contribution in [0, 0.1) is 0 Å². The number of unbranched alkanes of at least 4 members (excludes halogenated alkanes) is 51. The third-order valence-corrected chi connectivity index (χ3v) is 19.8. The van der Waals surface area contributed by atoms with E-state index in [1.807, 2.05) is 13.8 Å². The molecule has 3 aromatic carbocycles. The molecule has 0 atom stereocenters. The molecule has 93 heavy (non-hydrogen) atoms. The van der Waals surface area contributed by atoms with Gasteiger partial charge in [0.15, 0.2) is 0 Å². The number of aryl methyl sites for hydroxylation is 4. The van der Waals surface area contributed by atoms with Gasteiger partial charge in [0.2, 0.25) is 0 Å². The Morgan fingerprint density at radius 2 is 0.462 bits per heavy atom. The van der Waals surface area contributed by atoms with Crippen LogP contribution in [-0.2, 0) is 42.2 Å². The topological polar surface area (TPSA) is 70.8 Å². The van der Waals surface area contributed by atoms with Crippen molar-refractivity contribution >= 4 is 22.8 Å². The minimum Gasteiger partial charge on any atom is -0.873 e. The van der Waals surface area contributed by atoms with Crippen LogP contribution in [0.2, 0.25) is 0 Å². The molecule has 536 valence electrons. The molecule has 0 saturated carbocycles. The summed E-state index contributed by atoms with van der Waals surface area (Å²) < 4.78 is 0. The zero-order valence-corrected chi connectivity index (χ0v) is 63.6. The minimum atomic E-state index is -0.312. The van der Waals surface area contributed by atoms with Crippen LogP contribution in [0.4, 0.5) is 11.4 Å². The molecule has 0 amide bonds. The summed E-state index contributed by atoms with van der Waals surface area (Å²) >= 11 is 0. The molecular weight excluding hydrogens is 1180 g/mol. The standard InChI is InChI=1S/C77H138N2.C11H16O2.Ni/c1-5-9-13-15-17-19-21-23-25-27-29-31-33-35-37-39-41-43-45-47-49-51-53-55-58-60-72-64-68-74(69-65-72)78-76(62-12-8-4)77(63-57-11-7-3)79-75-70-66-73(67-71-75)61-59-56-54-52-50-48-46-44-42-40-38-36-34-32-30-28-26-24-22-20-18-16-14-10-6-2;1-3-5-9-7-6-8(4-2)10(12)11(9)13;/h64-71H,5-63H2,1-4H3;6-7,12-13H,3-5H2,1-2H3;/q;;+2/p-2. The van der Waals surface area contributed by atoms with E-state index in [2.05, 4.69) is 76.2 Å². The molecule has 0 unspecified atom stereocenters. The molecule has 0 aliphatic heterocycles. The Hall–Kier alpha value is -2.91. The Morgan fingerprint density at radius 3 is 0.720 bits per heavy atom. The average Bonchev–Trinajstić information content (AvgIpc) is 1.42. The van der Waals surface area contributed by atoms with Crippen molar-refractivity contribution in [2.75, 3.05) is 0 Å². The van der Waals surface area contributed by atoms with Gasteiger partial charge < -0.3 is 10.2 Å². The van der Waals surface area contributed by atoms with Gasteiger partial charge in [0.25, 0.3) is 0 Å². The van der Waals surface area contributed by atoms with E-state index in [1.165, 1.54) is 382 Å². The first-order chi connectivity index (χ1) is 45.4. The van der Waals surface area contributed by atoms with Crippen molar-refractivity contribution in [2.24, 2.45) is 9.98 Å². The molecule has 0 spiro atoms. The van der Waals surface area contributed by atoms with Gasteiger partial charge >= 0.3 is 16.5 Å². The summed E-state index contributed by atoms with van der Waals surface area (Å²) in [6.07, 6.45) is 84.9. The van der Waals surface area contributed by atoms with Gasteiger partial charge in [-0.3, -0.25) is 9.98 Å². The van der Waals surface area contributed by atoms with Gasteiger partial charge in [0, 0.05) is 0 Å². The van der Waals surface area contributed by atoms with Crippen molar-refractivity contribution in [1.29, 1.82) is 0 Å². The molecule has 0 aliphatic carbocycles. The predicted octanol–water partition coefficient (Wildman–Crippen LogP) is 29.3. The molecule has 0 fully saturated rings. The molecule has 0 bridgehead atoms. The average molecular weight is 1330 g/mol. The SMILES string of the molecule is CCCCCCCCCCCCCCCCCCCCCCCCCCCc1ccc(N=C(CCCC)C(CCCCC)=Nc2ccc(CCCCCCCCCCCCCCCCCCCCCCCCCCC)cc2)cc1.CCCc1ccc(CC)c([O-])c1[O-].[Ni+2]. The molecule has 3 rings (SSSR count). The second kappa shape index (κ2) is 67.7. The van der Waals surface area contributed by atoms with Crippen LogP contribution in [0.15, 0.2) is 70.6 Å². The summed E-state index contributed by atoms with van der Waals surface area (Å²) in [4.78, 5) is 10.7. The van der Waals surface area contributed by atoms with Crippen molar-refractivity contribution in [2.45, 2.75) is 440 Å². The summed E-state index contributed by atoms with van der Waals surface area (Å²) in [6, 6.07) is 22.0. The first kappa shape index (κ1) is 88.1. The largest absolute Gasteiger partial charge is 2.00 e. The van der Waals surface area contributed by atoms with Crippen molar-refractivity contribution in [3.63, 3.8) is 0 Å². The van der Waals surface area contributed by atoms with Crippen LogP contribution >= 0.6 is 0 Å². The van der Waals surface area contributed by atoms with Crippen LogP contribution in [0.25, 0.3) is 0 Å². The van der Waals surface area contributed by atoms with E-state index in [1.54, 1.807) is 12.1 Å². The molecule has 5 heteroatoms. The molecule has 0 radical (unpaired) electrons. The normalized spacial score (nSPS) is 11.8. The quantitative estimate of drug-likeness (QED) is 0.0321. The third kappa shape index (κ3) is 51.9. The van der Waals surface area contributed by atoms with E-state index in [-0.39, 0.29) is 28.0 Å². The molecule has 0 heterocycles. The van der Waals surface area contributed by atoms with E-state index in [4.69, 9.17) is 9.98 Å². The van der Waals surface area contributed by atoms with Crippen molar-refractivity contribution in [3.05, 3.63) is 82.9 Å². The fraction of sp³-hybridized carbons (Fsp3) is 0.773. The maximum atomic E-state index is 11.4. The molecule has 0 aromatic heterocycles. The molecule has 0 N–H and O–H groups in total. The van der Waals surface area contributed by atoms with Crippen molar-refractivity contribution in [3.8, 4) is 11.5 Å². The number of hydrogen-bond acceptors (Lipinski definition) is 4. The zero-order chi connectivity index (χ0) is 66.1. The molecule has 0 aliphatic rings. The molecule has 3 aromatic rings. The summed E-state index contributed by atoms with van der Waals surface area (Å²) in [5.41, 5.74) is 8.78. The summed E-state index contributed by atoms with van der Waals surface area (Å²) in [7, 11) is 0. The number of nitrogens with zero attached hydrogens (tertiary/aromatic N) is 2. The summed E-state index contributed by atoms with van der Waals surface area (Å²) in [6.45, 7) is 13.1. The van der Waals surface area contributed by atoms with Gasteiger partial charge in [-0.25, -0.2) is 0 Å². The van der Waals surface area contributed by atoms with E-state index in [9.17, 15) is 10.2 Å². The molecule has 0 saturated heterocycles. The van der Waals surface area contributed by atoms with Crippen molar-refractivity contribution < 1.29 is 26.7 Å². The fourth-order valence-electron chi connectivity index (χ4n) is 13.5. The number of aliphatic imine (C=N–C) groups is 2. The van der Waals surface area contributed by atoms with E-state index in [0.717, 1.165) is 37.1 Å². The summed E-state index contributed by atoms with van der Waals surface area (Å²) in [5, 5.41) is 22.8. The summed E-state index contributed by atoms with van der Waals surface area (Å²) in [5.74, 6) is -0.616. The Balaban J connectivity index is 0.00000273. The van der Waals surface area contributed by atoms with Crippen LogP contribution < -0.4 is 10.2 Å². The smallest absolute Gasteiger partial charge is 0.873 e. The maximum Gasteiger partial charge on any atom is 2.00 e. The van der Waals surface area contributed by atoms with Gasteiger partial charge in [0.1, 0.15) is 0 Å². The van der Waals surface area contributed by atoms with E-state index < -0.39 is 0 Å². The Labute approximate surface area is 590 Å². The number of rotatable bonds is 65. The van der Waals surface area contributed by atoms with Gasteiger partial charge in [-0.05, 0) is 99.6 Å². The molecular formula is C88H152N2NiO2. The van der Waals surface area contributed by atoms with Gasteiger partial charge in [-0.15, -0.1) is 11.5 Å². The predicted molar refractivity (Wildman–Crippen MR) is 409 cm³/mol. The van der Waals surface area contributed by atoms with E-state index >= 15 is 0 Å². The fourth-order valence-corrected chi connectivity index (χ4v) is 13.5. The monoisotopic (exact) mass is 1330 g/mol. The Kier molecular flexibility index (Phi) is 64.1. The third-order valence-electron chi connectivity index (χ3n) is 19.8. The van der Waals surface area contributed by atoms with E-state index in [0.29, 0.717) is 24.0 Å². The van der Waals surface area contributed by atoms with Crippen LogP contribution in [0.1, 0.15) is 436 Å². The van der Waals surface area contributed by atoms with Gasteiger partial charge in [0.05, 0.1) is 22.8 Å². The minimum absolute atomic E-state index is 0. The van der Waals surface area contributed by atoms with Crippen LogP contribution in [0.3, 0.4) is 0 Å². The Morgan fingerprint density at radius 1 is 0.237 bits per heavy atom. The Bertz CT molecular complexity index is 2090. The molecule has 4 nitrogen and oxygen atoms in total. The maximum absolute atomic E-state index is 11.4. The van der Waals surface area contributed by atoms with Crippen LogP contribution in [0.5, 0.6) is 11.5 Å². The first-order valence-electron chi connectivity index (χ1n) is 41.2. The number of hydrogen-bond donors (Lipinski definition) is 0. The van der Waals surface area contributed by atoms with Gasteiger partial charge in [-0.2, -0.15) is 0 Å². The second-order valence-corrected chi connectivity index (χ2v) is 28.6.